The minimum Gasteiger partial charge on any atom is -0.498 e. The lowest BCUT2D eigenvalue weighted by atomic mass is 10.1. The summed E-state index contributed by atoms with van der Waals surface area (Å²) < 4.78 is 5.27. The maximum atomic E-state index is 5.27. The molecule has 0 N–H and O–H groups in total. The summed E-state index contributed by atoms with van der Waals surface area (Å²) in [5.41, 5.74) is 1.41. The molecule has 1 nitrogen and oxygen atoms in total. The Morgan fingerprint density at radius 1 is 1.27 bits per heavy atom. The molecule has 1 rings (SSSR count). The zero-order chi connectivity index (χ0) is 8.69. The fraction of sp³-hybridized carbons (Fsp3) is 0.800. The fourth-order valence-electron chi connectivity index (χ4n) is 0.862. The van der Waals surface area contributed by atoms with E-state index in [0.717, 1.165) is 12.4 Å². The Bertz CT molecular complexity index is 111. The van der Waals surface area contributed by atoms with Crippen molar-refractivity contribution in [2.24, 2.45) is 0 Å². The highest BCUT2D eigenvalue weighted by Crippen LogP contribution is 2.16. The van der Waals surface area contributed by atoms with Crippen LogP contribution in [0.1, 0.15) is 47.0 Å². The molecule has 0 amide bonds. The summed E-state index contributed by atoms with van der Waals surface area (Å²) in [6.07, 6.45) is 3.68. The highest BCUT2D eigenvalue weighted by molar-refractivity contribution is 5.04. The number of ether oxygens (including phenoxy) is 1. The molecule has 0 aromatic rings. The summed E-state index contributed by atoms with van der Waals surface area (Å²) in [4.78, 5) is 0. The molecule has 0 aromatic heterocycles. The third-order valence-electron chi connectivity index (χ3n) is 1.62. The van der Waals surface area contributed by atoms with Crippen molar-refractivity contribution < 1.29 is 4.74 Å². The van der Waals surface area contributed by atoms with Crippen molar-refractivity contribution in [2.45, 2.75) is 47.0 Å². The van der Waals surface area contributed by atoms with Crippen molar-refractivity contribution in [3.05, 3.63) is 11.3 Å². The van der Waals surface area contributed by atoms with Crippen LogP contribution in [0, 0.1) is 0 Å². The van der Waals surface area contributed by atoms with Crippen LogP contribution in [0.4, 0.5) is 0 Å². The predicted octanol–water partition coefficient (Wildman–Crippen LogP) is 3.51. The Hall–Kier alpha value is -0.460. The zero-order valence-electron chi connectivity index (χ0n) is 8.24. The summed E-state index contributed by atoms with van der Waals surface area (Å²) in [7, 11) is 0. The van der Waals surface area contributed by atoms with Crippen LogP contribution in [-0.4, -0.2) is 6.61 Å². The molecule has 0 saturated heterocycles. The van der Waals surface area contributed by atoms with Gasteiger partial charge in [-0.25, -0.2) is 0 Å². The average Bonchev–Trinajstić information content (AvgIpc) is 1.97. The molecule has 0 spiro atoms. The quantitative estimate of drug-likeness (QED) is 0.521. The summed E-state index contributed by atoms with van der Waals surface area (Å²) in [5, 5.41) is 0. The van der Waals surface area contributed by atoms with Crippen LogP contribution in [0.2, 0.25) is 0 Å². The van der Waals surface area contributed by atoms with Gasteiger partial charge in [-0.1, -0.05) is 20.3 Å². The molecule has 0 bridgehead atoms. The summed E-state index contributed by atoms with van der Waals surface area (Å²) >= 11 is 0. The van der Waals surface area contributed by atoms with Gasteiger partial charge in [0, 0.05) is 0 Å². The van der Waals surface area contributed by atoms with Crippen molar-refractivity contribution in [2.75, 3.05) is 6.61 Å². The summed E-state index contributed by atoms with van der Waals surface area (Å²) in [6.45, 7) is 9.34. The lowest BCUT2D eigenvalue weighted by Crippen LogP contribution is -2.01. The van der Waals surface area contributed by atoms with Crippen LogP contribution in [0.25, 0.3) is 0 Å². The molecular weight excluding hydrogens is 136 g/mol. The van der Waals surface area contributed by atoms with Crippen LogP contribution >= 0.6 is 0 Å². The van der Waals surface area contributed by atoms with E-state index in [2.05, 4.69) is 20.8 Å². The second-order valence-corrected chi connectivity index (χ2v) is 3.00. The van der Waals surface area contributed by atoms with E-state index in [9.17, 15) is 0 Å². The van der Waals surface area contributed by atoms with Crippen molar-refractivity contribution >= 4 is 0 Å². The Morgan fingerprint density at radius 2 is 1.82 bits per heavy atom. The summed E-state index contributed by atoms with van der Waals surface area (Å²) in [5.74, 6) is 1.14. The molecule has 0 atom stereocenters. The monoisotopic (exact) mass is 156 g/mol. The van der Waals surface area contributed by atoms with E-state index < -0.39 is 0 Å². The first kappa shape index (κ1) is 10.5. The highest BCUT2D eigenvalue weighted by Gasteiger charge is 2.03. The third-order valence-corrected chi connectivity index (χ3v) is 1.62. The van der Waals surface area contributed by atoms with Crippen molar-refractivity contribution in [1.29, 1.82) is 0 Å². The highest BCUT2D eigenvalue weighted by atomic mass is 16.5. The maximum absolute atomic E-state index is 5.27. The third kappa shape index (κ3) is 4.88. The molecule has 0 radical (unpaired) electrons. The smallest absolute Gasteiger partial charge is 0.0918 e. The Balaban J connectivity index is 0.000000292. The van der Waals surface area contributed by atoms with Crippen molar-refractivity contribution in [1.82, 2.24) is 0 Å². The number of hydrogen-bond donors (Lipinski definition) is 0. The van der Waals surface area contributed by atoms with Gasteiger partial charge in [-0.2, -0.15) is 0 Å². The van der Waals surface area contributed by atoms with E-state index in [-0.39, 0.29) is 0 Å². The van der Waals surface area contributed by atoms with Gasteiger partial charge in [0.2, 0.25) is 0 Å². The molecule has 11 heavy (non-hydrogen) atoms. The van der Waals surface area contributed by atoms with Gasteiger partial charge in [0.05, 0.1) is 12.4 Å². The van der Waals surface area contributed by atoms with Crippen molar-refractivity contribution in [3.63, 3.8) is 0 Å². The zero-order valence-corrected chi connectivity index (χ0v) is 8.24. The van der Waals surface area contributed by atoms with Crippen LogP contribution in [-0.2, 0) is 4.74 Å². The molecule has 1 aliphatic heterocycles. The average molecular weight is 156 g/mol. The van der Waals surface area contributed by atoms with Gasteiger partial charge < -0.3 is 4.74 Å². The minimum absolute atomic E-state index is 0.920. The van der Waals surface area contributed by atoms with Gasteiger partial charge in [-0.15, -0.1) is 0 Å². The Kier molecular flexibility index (Phi) is 6.00. The standard InChI is InChI=1S/C7H12O.C3H8/c1-6-4-3-5-8-7(6)2;1-3-2/h3-5H2,1-2H3;3H2,1-2H3. The number of rotatable bonds is 0. The first-order valence-electron chi connectivity index (χ1n) is 4.51. The van der Waals surface area contributed by atoms with E-state index >= 15 is 0 Å². The maximum Gasteiger partial charge on any atom is 0.0918 e. The molecule has 1 heteroatoms. The summed E-state index contributed by atoms with van der Waals surface area (Å²) in [6, 6.07) is 0. The van der Waals surface area contributed by atoms with Gasteiger partial charge in [0.25, 0.3) is 0 Å². The van der Waals surface area contributed by atoms with Gasteiger partial charge in [0.15, 0.2) is 0 Å². The van der Waals surface area contributed by atoms with Crippen LogP contribution < -0.4 is 0 Å². The minimum atomic E-state index is 0.920. The van der Waals surface area contributed by atoms with Gasteiger partial charge in [-0.05, 0) is 32.3 Å². The first-order chi connectivity index (χ1) is 5.22. The fourth-order valence-corrected chi connectivity index (χ4v) is 0.862. The molecule has 0 aromatic carbocycles. The van der Waals surface area contributed by atoms with Gasteiger partial charge >= 0.3 is 0 Å². The molecule has 0 unspecified atom stereocenters. The molecular formula is C10H20O. The molecule has 0 aliphatic carbocycles. The number of allylic oxidation sites excluding steroid dienone is 2. The Morgan fingerprint density at radius 3 is 2.09 bits per heavy atom. The van der Waals surface area contributed by atoms with E-state index in [4.69, 9.17) is 4.74 Å². The van der Waals surface area contributed by atoms with Crippen LogP contribution in [0.15, 0.2) is 11.3 Å². The molecule has 66 valence electrons. The van der Waals surface area contributed by atoms with Gasteiger partial charge in [0.1, 0.15) is 0 Å². The molecule has 0 saturated carbocycles. The first-order valence-corrected chi connectivity index (χ1v) is 4.51. The number of hydrogen-bond acceptors (Lipinski definition) is 1. The lowest BCUT2D eigenvalue weighted by Gasteiger charge is -2.15. The largest absolute Gasteiger partial charge is 0.498 e. The van der Waals surface area contributed by atoms with Crippen molar-refractivity contribution in [3.8, 4) is 0 Å². The normalized spacial score (nSPS) is 16.7. The second kappa shape index (κ2) is 6.26. The molecule has 0 fully saturated rings. The van der Waals surface area contributed by atoms with Crippen LogP contribution in [0.5, 0.6) is 0 Å². The molecule has 1 heterocycles. The van der Waals surface area contributed by atoms with Crippen LogP contribution in [0.3, 0.4) is 0 Å². The van der Waals surface area contributed by atoms with E-state index in [1.807, 2.05) is 6.92 Å². The Labute approximate surface area is 70.4 Å². The second-order valence-electron chi connectivity index (χ2n) is 3.00. The van der Waals surface area contributed by atoms with Gasteiger partial charge in [-0.3, -0.25) is 0 Å². The van der Waals surface area contributed by atoms with E-state index in [0.29, 0.717) is 0 Å². The SMILES string of the molecule is CC1=C(C)OCCC1.CCC. The molecule has 1 aliphatic rings. The predicted molar refractivity (Wildman–Crippen MR) is 49.5 cm³/mol. The topological polar surface area (TPSA) is 9.23 Å². The van der Waals surface area contributed by atoms with E-state index in [1.54, 1.807) is 0 Å². The van der Waals surface area contributed by atoms with E-state index in [1.165, 1.54) is 24.8 Å². The lowest BCUT2D eigenvalue weighted by molar-refractivity contribution is 0.189.